The van der Waals surface area contributed by atoms with Crippen LogP contribution in [0.2, 0.25) is 0 Å². The van der Waals surface area contributed by atoms with Gasteiger partial charge in [-0.05, 0) is 109 Å². The van der Waals surface area contributed by atoms with E-state index >= 15 is 4.79 Å². The van der Waals surface area contributed by atoms with E-state index in [0.29, 0.717) is 44.1 Å². The summed E-state index contributed by atoms with van der Waals surface area (Å²) in [6.07, 6.45) is -63.2. The highest BCUT2D eigenvalue weighted by atomic mass is 16.8. The van der Waals surface area contributed by atoms with Crippen molar-refractivity contribution in [2.24, 2.45) is 50.2 Å². The largest absolute Gasteiger partial charge is 0.459 e. The van der Waals surface area contributed by atoms with Gasteiger partial charge in [-0.2, -0.15) is 0 Å². The number of rotatable bonds is 25. The van der Waals surface area contributed by atoms with Crippen LogP contribution in [0.25, 0.3) is 6.08 Å². The third-order valence-electron chi connectivity index (χ3n) is 30.7. The van der Waals surface area contributed by atoms with Gasteiger partial charge in [0.15, 0.2) is 50.1 Å². The summed E-state index contributed by atoms with van der Waals surface area (Å²) in [4.78, 5) is 30.8. The third kappa shape index (κ3) is 18.3. The lowest BCUT2D eigenvalue weighted by Crippen LogP contribution is -2.68. The molecule has 1 aromatic carbocycles. The predicted molar refractivity (Wildman–Crippen MR) is 421 cm³/mol. The van der Waals surface area contributed by atoms with E-state index < -0.39 is 342 Å². The van der Waals surface area contributed by atoms with Gasteiger partial charge in [-0.3, -0.25) is 4.79 Å². The van der Waals surface area contributed by atoms with Gasteiger partial charge in [0.2, 0.25) is 6.29 Å². The van der Waals surface area contributed by atoms with Gasteiger partial charge in [0.1, 0.15) is 177 Å². The number of fused-ring (bicyclic) bond motifs is 7. The number of carbonyl (C=O) groups excluding carboxylic acids is 2. The quantitative estimate of drug-likeness (QED) is 0.0187. The molecule has 8 saturated heterocycles. The van der Waals surface area contributed by atoms with Gasteiger partial charge in [-0.15, -0.1) is 0 Å². The normalized spacial score (nSPS) is 51.0. The van der Waals surface area contributed by atoms with Crippen molar-refractivity contribution in [2.45, 2.75) is 359 Å². The van der Waals surface area contributed by atoms with E-state index in [0.717, 1.165) is 5.57 Å². The minimum Gasteiger partial charge on any atom is -0.459 e. The average Bonchev–Trinajstić information content (AvgIpc) is 0.942. The van der Waals surface area contributed by atoms with E-state index in [1.54, 1.807) is 30.3 Å². The molecule has 0 spiro atoms. The number of aliphatic hydroxyl groups is 23. The molecule has 0 unspecified atom stereocenters. The third-order valence-corrected chi connectivity index (χ3v) is 30.7. The van der Waals surface area contributed by atoms with Crippen LogP contribution in [0.3, 0.4) is 0 Å². The van der Waals surface area contributed by atoms with Gasteiger partial charge in [-0.1, -0.05) is 90.4 Å². The van der Waals surface area contributed by atoms with Crippen molar-refractivity contribution in [3.63, 3.8) is 0 Å². The topological polar surface area (TPSA) is 656 Å². The van der Waals surface area contributed by atoms with E-state index in [2.05, 4.69) is 26.8 Å². The zero-order valence-corrected chi connectivity index (χ0v) is 71.8. The molecular weight excluding hydrogens is 1690 g/mol. The van der Waals surface area contributed by atoms with Gasteiger partial charge < -0.3 is 198 Å². The lowest BCUT2D eigenvalue weighted by atomic mass is 9.33. The lowest BCUT2D eigenvalue weighted by Gasteiger charge is -2.71. The molecule has 0 amide bonds. The number of allylic oxidation sites excluding steroid dienone is 2. The zero-order valence-electron chi connectivity index (χ0n) is 71.8. The highest BCUT2D eigenvalue weighted by molar-refractivity contribution is 5.87. The Morgan fingerprint density at radius 2 is 0.890 bits per heavy atom. The Kier molecular flexibility index (Phi) is 30.5. The van der Waals surface area contributed by atoms with Crippen LogP contribution in [0.4, 0.5) is 0 Å². The number of esters is 2. The fourth-order valence-electron chi connectivity index (χ4n) is 22.9. The molecular formula is C85H130O42. The molecule has 1 aromatic rings. The molecule has 0 bridgehead atoms. The van der Waals surface area contributed by atoms with Gasteiger partial charge in [-0.25, -0.2) is 4.79 Å². The second kappa shape index (κ2) is 39.1. The Labute approximate surface area is 731 Å². The number of hydrogen-bond donors (Lipinski definition) is 23. The number of carbonyl (C=O) groups is 2. The van der Waals surface area contributed by atoms with Crippen molar-refractivity contribution in [1.29, 1.82) is 0 Å². The summed E-state index contributed by atoms with van der Waals surface area (Å²) in [5.41, 5.74) is -3.51. The Morgan fingerprint density at radius 1 is 0.425 bits per heavy atom. The smallest absolute Gasteiger partial charge is 0.331 e. The number of benzene rings is 1. The summed E-state index contributed by atoms with van der Waals surface area (Å²) in [7, 11) is 0. The molecule has 8 heterocycles. The summed E-state index contributed by atoms with van der Waals surface area (Å²) in [6, 6.07) is 9.01. The van der Waals surface area contributed by atoms with Gasteiger partial charge in [0.25, 0.3) is 0 Å². The van der Waals surface area contributed by atoms with E-state index in [-0.39, 0.29) is 31.1 Å². The van der Waals surface area contributed by atoms with Gasteiger partial charge in [0.05, 0.1) is 63.9 Å². The van der Waals surface area contributed by atoms with Crippen LogP contribution < -0.4 is 0 Å². The highest BCUT2D eigenvalue weighted by Crippen LogP contribution is 2.76. The van der Waals surface area contributed by atoms with E-state index in [4.69, 9.17) is 80.5 Å². The molecule has 722 valence electrons. The molecule has 0 radical (unpaired) electrons. The number of hydrogen-bond acceptors (Lipinski definition) is 42. The molecule has 42 nitrogen and oxygen atoms in total. The summed E-state index contributed by atoms with van der Waals surface area (Å²) < 4.78 is 104. The molecule has 4 saturated carbocycles. The van der Waals surface area contributed by atoms with E-state index in [1.807, 2.05) is 33.8 Å². The zero-order chi connectivity index (χ0) is 92.1. The van der Waals surface area contributed by atoms with Crippen LogP contribution in [0.1, 0.15) is 119 Å². The fraction of sp³-hybridized carbons (Fsp3) is 0.859. The lowest BCUT2D eigenvalue weighted by molar-refractivity contribution is -0.390. The summed E-state index contributed by atoms with van der Waals surface area (Å²) in [5.74, 6) is -2.62. The Balaban J connectivity index is 0.750. The van der Waals surface area contributed by atoms with Crippen molar-refractivity contribution >= 4 is 18.0 Å². The maximum absolute atomic E-state index is 16.5. The molecule has 47 atom stereocenters. The Bertz CT molecular complexity index is 3890. The van der Waals surface area contributed by atoms with Crippen LogP contribution in [0.5, 0.6) is 0 Å². The fourth-order valence-corrected chi connectivity index (χ4v) is 22.9. The molecule has 12 fully saturated rings. The van der Waals surface area contributed by atoms with Gasteiger partial charge >= 0.3 is 11.9 Å². The van der Waals surface area contributed by atoms with Crippen molar-refractivity contribution in [2.75, 3.05) is 46.2 Å². The first-order valence-electron chi connectivity index (χ1n) is 43.9. The minimum absolute atomic E-state index is 0.0772. The van der Waals surface area contributed by atoms with Crippen LogP contribution in [0, 0.1) is 50.2 Å². The number of aliphatic hydroxyl groups excluding tert-OH is 23. The summed E-state index contributed by atoms with van der Waals surface area (Å²) in [6.45, 7) is 10.4. The first-order chi connectivity index (χ1) is 60.0. The van der Waals surface area contributed by atoms with Gasteiger partial charge in [0, 0.05) is 17.9 Å². The monoisotopic (exact) mass is 1820 g/mol. The molecule has 13 aliphatic rings. The van der Waals surface area contributed by atoms with E-state index in [1.165, 1.54) is 13.0 Å². The Hall–Kier alpha value is -3.88. The molecule has 42 heteroatoms. The maximum Gasteiger partial charge on any atom is 0.331 e. The molecule has 127 heavy (non-hydrogen) atoms. The molecule has 8 aliphatic heterocycles. The van der Waals surface area contributed by atoms with Crippen molar-refractivity contribution < 1.29 is 208 Å². The summed E-state index contributed by atoms with van der Waals surface area (Å²) in [5, 5.41) is 254. The van der Waals surface area contributed by atoms with Crippen LogP contribution in [0.15, 0.2) is 48.1 Å². The maximum atomic E-state index is 16.5. The highest BCUT2D eigenvalue weighted by Gasteiger charge is 2.72. The SMILES string of the molecule is C[C@@H]1O[C@@H](O[C@H]2[C@H](OC(=O)[C@@]34CC[C@]5(C)C(=CC[C@@H]6[C@@]7(C)CC[C@H](O[C@@H]8O[C@H](CO[C@@H]9O[C@H](CO)[C@H](O)[C@H](O)[C@H]9O[C@@H]9OC[C@@H](O)[C@H](O)[C@H]9O)[C@@H](O)[C@H](O)[C@H]8O[C@@H]8O[C@H](CO)[C@@H](O)[C@H](O)[C@H]8O)C(C)(C)[C@@H]7CC[C@]65C)[C@@H]3CC(C)(C)[C@@H](OC(=O)C=Cc3ccccc3)C4)O[C@H](CO)[C@@H](O)[C@@H]2O)[C@H](O)[C@H](O[C@@H]2O[C@H](CO)[C@@H](O)[C@H](O)[C@H]2O)[C@H]1O[C@@H]1O[C@@H](CO)[C@H](O)[C@H]1O. The first kappa shape index (κ1) is 99.1. The molecule has 0 aromatic heterocycles. The second-order valence-electron chi connectivity index (χ2n) is 38.8. The van der Waals surface area contributed by atoms with Crippen molar-refractivity contribution in [1.82, 2.24) is 0 Å². The molecule has 14 rings (SSSR count). The first-order valence-corrected chi connectivity index (χ1v) is 43.9. The summed E-state index contributed by atoms with van der Waals surface area (Å²) >= 11 is 0. The second-order valence-corrected chi connectivity index (χ2v) is 38.8. The molecule has 5 aliphatic carbocycles. The van der Waals surface area contributed by atoms with Crippen molar-refractivity contribution in [3.8, 4) is 0 Å². The Morgan fingerprint density at radius 3 is 1.46 bits per heavy atom. The van der Waals surface area contributed by atoms with Crippen LogP contribution >= 0.6 is 0 Å². The van der Waals surface area contributed by atoms with Crippen LogP contribution in [-0.4, -0.2) is 421 Å². The number of ether oxygens (including phenoxy) is 17. The minimum atomic E-state index is -2.20. The van der Waals surface area contributed by atoms with E-state index in [9.17, 15) is 122 Å². The van der Waals surface area contributed by atoms with Crippen LogP contribution in [-0.2, 0) is 90.1 Å². The molecule has 23 N–H and O–H groups in total. The predicted octanol–water partition coefficient (Wildman–Crippen LogP) is -7.20. The standard InChI is InChI=1S/C85H130O42/c1-33-66(122-72-62(106)54(98)42(30-90)116-72)67(123-73-63(107)56(100)50(94)38(26-86)114-73)65(109)75(113-33)126-70-59(103)53(97)41(29-89)118-78(70)127-79(110)85-23-22-83(7)35(36(85)24-80(2,3)47(25-85)120-48(92)17-14-34-12-10-9-11-13-34)15-16-45-82(6)20-19-46(81(4,5)44(82)18-21-84(45,83)8)121-77-69(125-74-64(108)57(101)51(95)39(27-87)115-74)60(104)55(99)43(119-77)32-112-76-68(58(102)52(96)40(28-88)117-76)124-71-61(105)49(93)37(91)31-111-71/h9-15,17,33,36-47,49-78,86-91,93-109H,16,18-32H2,1-8H3/t33-,36-,37+,38+,39+,40+,41+,42-,43+,44-,45+,46-,47-,49-,50+,51+,52-,53+,54-,55+,56-,57-,58-,59-,60-,61+,62+,63+,64+,65+,66-,67-,68+,69+,70+,71-,72-,73-,74-,75-,76+,77-,78-,82-,83+,84+,85+/m0/s1. The van der Waals surface area contributed by atoms with Crippen molar-refractivity contribution in [3.05, 3.63) is 53.6 Å². The average molecular weight is 1820 g/mol.